The van der Waals surface area contributed by atoms with Crippen molar-refractivity contribution in [3.05, 3.63) is 62.9 Å². The van der Waals surface area contributed by atoms with E-state index in [1.54, 1.807) is 6.07 Å². The minimum Gasteiger partial charge on any atom is -0.301 e. The van der Waals surface area contributed by atoms with Crippen LogP contribution in [0.3, 0.4) is 0 Å². The molecule has 0 bridgehead atoms. The van der Waals surface area contributed by atoms with Gasteiger partial charge in [0.25, 0.3) is 10.0 Å². The van der Waals surface area contributed by atoms with Crippen molar-refractivity contribution < 1.29 is 13.2 Å². The summed E-state index contributed by atoms with van der Waals surface area (Å²) < 4.78 is 28.8. The molecule has 3 aromatic rings. The van der Waals surface area contributed by atoms with Crippen LogP contribution in [0, 0.1) is 6.92 Å². The lowest BCUT2D eigenvalue weighted by Gasteiger charge is -2.17. The Morgan fingerprint density at radius 2 is 1.96 bits per heavy atom. The Morgan fingerprint density at radius 3 is 2.56 bits per heavy atom. The highest BCUT2D eigenvalue weighted by Crippen LogP contribution is 2.26. The lowest BCUT2D eigenvalue weighted by atomic mass is 10.1. The fraction of sp³-hybridized carbons (Fsp3) is 0.176. The highest BCUT2D eigenvalue weighted by Gasteiger charge is 2.27. The average Bonchev–Trinajstić information content (AvgIpc) is 3.24. The van der Waals surface area contributed by atoms with Crippen LogP contribution in [0.25, 0.3) is 0 Å². The van der Waals surface area contributed by atoms with Crippen LogP contribution in [0.2, 0.25) is 0 Å². The van der Waals surface area contributed by atoms with E-state index in [1.165, 1.54) is 17.4 Å². The van der Waals surface area contributed by atoms with E-state index >= 15 is 0 Å². The molecule has 0 unspecified atom stereocenters. The fourth-order valence-corrected chi connectivity index (χ4v) is 6.24. The number of aryl methyl sites for hydroxylation is 1. The van der Waals surface area contributed by atoms with Gasteiger partial charge in [0, 0.05) is 5.38 Å². The average molecular weight is 486 g/mol. The molecule has 1 atom stereocenters. The summed E-state index contributed by atoms with van der Waals surface area (Å²) in [4.78, 5) is 17.0. The largest absolute Gasteiger partial charge is 0.301 e. The zero-order chi connectivity index (χ0) is 19.4. The standard InChI is InChI=1S/C17H16BrN3O3S3/c1-11-10-25-17(19-11)20-16(22)13(9-12-5-3-2-4-6-12)21-27(23,24)15-8-7-14(18)26-15/h2-8,10,13,21H,9H2,1H3,(H,19,20,22)/t13-/m0/s1. The van der Waals surface area contributed by atoms with Crippen molar-refractivity contribution in [2.75, 3.05) is 5.32 Å². The molecule has 1 aromatic carbocycles. The van der Waals surface area contributed by atoms with E-state index in [9.17, 15) is 13.2 Å². The number of thiophene rings is 1. The molecule has 0 aliphatic rings. The van der Waals surface area contributed by atoms with Crippen LogP contribution >= 0.6 is 38.6 Å². The summed E-state index contributed by atoms with van der Waals surface area (Å²) in [5.74, 6) is -0.451. The van der Waals surface area contributed by atoms with Gasteiger partial charge in [-0.15, -0.1) is 22.7 Å². The maximum Gasteiger partial charge on any atom is 0.250 e. The minimum absolute atomic E-state index is 0.144. The monoisotopic (exact) mass is 485 g/mol. The lowest BCUT2D eigenvalue weighted by Crippen LogP contribution is -2.45. The van der Waals surface area contributed by atoms with Gasteiger partial charge in [-0.05, 0) is 47.0 Å². The summed E-state index contributed by atoms with van der Waals surface area (Å²) in [6, 6.07) is 11.4. The number of amides is 1. The van der Waals surface area contributed by atoms with Crippen LogP contribution in [0.5, 0.6) is 0 Å². The first-order valence-electron chi connectivity index (χ1n) is 7.88. The molecule has 0 fully saturated rings. The molecule has 0 radical (unpaired) electrons. The summed E-state index contributed by atoms with van der Waals surface area (Å²) >= 11 is 5.64. The Hall–Kier alpha value is -1.59. The first-order chi connectivity index (χ1) is 12.8. The topological polar surface area (TPSA) is 88.2 Å². The number of rotatable bonds is 7. The first-order valence-corrected chi connectivity index (χ1v) is 11.9. The fourth-order valence-electron chi connectivity index (χ4n) is 2.33. The van der Waals surface area contributed by atoms with Gasteiger partial charge < -0.3 is 5.32 Å². The van der Waals surface area contributed by atoms with Crippen LogP contribution in [0.4, 0.5) is 5.13 Å². The second-order valence-electron chi connectivity index (χ2n) is 5.71. The Bertz CT molecular complexity index is 1030. The number of benzene rings is 1. The number of nitrogens with zero attached hydrogens (tertiary/aromatic N) is 1. The highest BCUT2D eigenvalue weighted by atomic mass is 79.9. The third kappa shape index (κ3) is 5.45. The Kier molecular flexibility index (Phi) is 6.43. The van der Waals surface area contributed by atoms with Gasteiger partial charge in [-0.2, -0.15) is 4.72 Å². The van der Waals surface area contributed by atoms with Gasteiger partial charge in [0.05, 0.1) is 9.48 Å². The Labute approximate surface area is 173 Å². The van der Waals surface area contributed by atoms with E-state index in [0.29, 0.717) is 8.92 Å². The van der Waals surface area contributed by atoms with Crippen LogP contribution in [0.1, 0.15) is 11.3 Å². The zero-order valence-electron chi connectivity index (χ0n) is 14.2. The molecule has 0 saturated heterocycles. The van der Waals surface area contributed by atoms with Gasteiger partial charge in [-0.25, -0.2) is 13.4 Å². The van der Waals surface area contributed by atoms with E-state index < -0.39 is 22.0 Å². The molecular formula is C17H16BrN3O3S3. The zero-order valence-corrected chi connectivity index (χ0v) is 18.2. The summed E-state index contributed by atoms with van der Waals surface area (Å²) in [5.41, 5.74) is 1.64. The molecule has 3 rings (SSSR count). The van der Waals surface area contributed by atoms with E-state index in [0.717, 1.165) is 22.6 Å². The van der Waals surface area contributed by atoms with Gasteiger partial charge in [0.2, 0.25) is 5.91 Å². The molecule has 2 aromatic heterocycles. The number of anilines is 1. The number of aromatic nitrogens is 1. The number of hydrogen-bond donors (Lipinski definition) is 2. The maximum atomic E-state index is 12.8. The van der Waals surface area contributed by atoms with Crippen LogP contribution in [-0.4, -0.2) is 25.4 Å². The van der Waals surface area contributed by atoms with Crippen molar-refractivity contribution in [1.29, 1.82) is 0 Å². The van der Waals surface area contributed by atoms with E-state index in [-0.39, 0.29) is 10.6 Å². The number of thiazole rings is 1. The molecule has 2 heterocycles. The van der Waals surface area contributed by atoms with E-state index in [2.05, 4.69) is 31.0 Å². The third-order valence-electron chi connectivity index (χ3n) is 3.56. The molecule has 0 aliphatic carbocycles. The van der Waals surface area contributed by atoms with Gasteiger partial charge in [0.15, 0.2) is 5.13 Å². The smallest absolute Gasteiger partial charge is 0.250 e. The predicted molar refractivity (Wildman–Crippen MR) is 112 cm³/mol. The third-order valence-corrected chi connectivity index (χ3v) is 8.02. The number of halogens is 1. The summed E-state index contributed by atoms with van der Waals surface area (Å²) in [6.45, 7) is 1.82. The van der Waals surface area contributed by atoms with Crippen LogP contribution in [-0.2, 0) is 21.2 Å². The molecule has 10 heteroatoms. The quantitative estimate of drug-likeness (QED) is 0.532. The first kappa shape index (κ1) is 20.2. The van der Waals surface area contributed by atoms with Crippen molar-refractivity contribution in [2.45, 2.75) is 23.6 Å². The van der Waals surface area contributed by atoms with Gasteiger partial charge in [-0.3, -0.25) is 4.79 Å². The van der Waals surface area contributed by atoms with Crippen molar-refractivity contribution in [3.63, 3.8) is 0 Å². The summed E-state index contributed by atoms with van der Waals surface area (Å²) in [7, 11) is -3.83. The summed E-state index contributed by atoms with van der Waals surface area (Å²) in [5, 5.41) is 4.95. The molecule has 0 aliphatic heterocycles. The molecule has 142 valence electrons. The van der Waals surface area contributed by atoms with Crippen molar-refractivity contribution in [1.82, 2.24) is 9.71 Å². The Morgan fingerprint density at radius 1 is 1.22 bits per heavy atom. The van der Waals surface area contributed by atoms with Crippen LogP contribution < -0.4 is 10.0 Å². The number of carbonyl (C=O) groups is 1. The molecule has 2 N–H and O–H groups in total. The molecule has 0 spiro atoms. The predicted octanol–water partition coefficient (Wildman–Crippen LogP) is 3.80. The number of sulfonamides is 1. The SMILES string of the molecule is Cc1csc(NC(=O)[C@H](Cc2ccccc2)NS(=O)(=O)c2ccc(Br)s2)n1. The molecular weight excluding hydrogens is 470 g/mol. The number of nitrogens with one attached hydrogen (secondary N) is 2. The number of carbonyl (C=O) groups excluding carboxylic acids is 1. The molecule has 1 amide bonds. The second kappa shape index (κ2) is 8.61. The highest BCUT2D eigenvalue weighted by molar-refractivity contribution is 9.11. The Balaban J connectivity index is 1.83. The minimum atomic E-state index is -3.83. The normalized spacial score (nSPS) is 12.7. The van der Waals surface area contributed by atoms with Gasteiger partial charge >= 0.3 is 0 Å². The molecule has 0 saturated carbocycles. The maximum absolute atomic E-state index is 12.8. The van der Waals surface area contributed by atoms with E-state index in [4.69, 9.17) is 0 Å². The molecule has 6 nitrogen and oxygen atoms in total. The van der Waals surface area contributed by atoms with Crippen LogP contribution in [0.15, 0.2) is 55.8 Å². The summed E-state index contributed by atoms with van der Waals surface area (Å²) in [6.07, 6.45) is 0.225. The van der Waals surface area contributed by atoms with Gasteiger partial charge in [-0.1, -0.05) is 30.3 Å². The van der Waals surface area contributed by atoms with Crippen molar-refractivity contribution in [3.8, 4) is 0 Å². The van der Waals surface area contributed by atoms with Gasteiger partial charge in [0.1, 0.15) is 10.3 Å². The second-order valence-corrected chi connectivity index (χ2v) is 11.0. The van der Waals surface area contributed by atoms with Crippen molar-refractivity contribution >= 4 is 59.7 Å². The lowest BCUT2D eigenvalue weighted by molar-refractivity contribution is -0.117. The molecule has 27 heavy (non-hydrogen) atoms. The number of hydrogen-bond acceptors (Lipinski definition) is 6. The van der Waals surface area contributed by atoms with Crippen molar-refractivity contribution in [2.24, 2.45) is 0 Å². The van der Waals surface area contributed by atoms with E-state index in [1.807, 2.05) is 42.6 Å².